The lowest BCUT2D eigenvalue weighted by Gasteiger charge is -2.03. The average Bonchev–Trinajstić information content (AvgIpc) is 2.48. The van der Waals surface area contributed by atoms with Crippen molar-refractivity contribution in [2.24, 2.45) is 5.10 Å². The first-order valence-corrected chi connectivity index (χ1v) is 6.41. The van der Waals surface area contributed by atoms with Gasteiger partial charge in [0.1, 0.15) is 0 Å². The molecule has 2 aromatic rings. The van der Waals surface area contributed by atoms with Crippen molar-refractivity contribution in [3.8, 4) is 0 Å². The molecule has 0 spiro atoms. The van der Waals surface area contributed by atoms with E-state index in [-0.39, 0.29) is 11.8 Å². The highest BCUT2D eigenvalue weighted by atomic mass is 16.2. The lowest BCUT2D eigenvalue weighted by atomic mass is 10.2. The molecule has 0 aliphatic rings. The van der Waals surface area contributed by atoms with Gasteiger partial charge in [0.15, 0.2) is 0 Å². The number of nitrogens with zero attached hydrogens (tertiary/aromatic N) is 1. The van der Waals surface area contributed by atoms with Gasteiger partial charge in [-0.25, -0.2) is 5.43 Å². The number of benzene rings is 2. The predicted molar refractivity (Wildman–Crippen MR) is 82.2 cm³/mol. The molecule has 0 bridgehead atoms. The van der Waals surface area contributed by atoms with Crippen LogP contribution in [0.15, 0.2) is 59.7 Å². The molecule has 0 aliphatic heterocycles. The normalized spacial score (nSPS) is 10.3. The molecule has 0 atom stereocenters. The van der Waals surface area contributed by atoms with Crippen molar-refractivity contribution in [2.45, 2.75) is 6.92 Å². The first-order valence-electron chi connectivity index (χ1n) is 6.41. The monoisotopic (exact) mass is 281 g/mol. The van der Waals surface area contributed by atoms with Gasteiger partial charge >= 0.3 is 0 Å². The van der Waals surface area contributed by atoms with Crippen molar-refractivity contribution < 1.29 is 9.59 Å². The highest BCUT2D eigenvalue weighted by Gasteiger charge is 2.04. The number of hydrogen-bond acceptors (Lipinski definition) is 3. The van der Waals surface area contributed by atoms with E-state index in [4.69, 9.17) is 0 Å². The Hall–Kier alpha value is -2.95. The van der Waals surface area contributed by atoms with Gasteiger partial charge in [-0.2, -0.15) is 5.10 Å². The maximum absolute atomic E-state index is 11.9. The zero-order valence-electron chi connectivity index (χ0n) is 11.5. The van der Waals surface area contributed by atoms with E-state index in [0.717, 1.165) is 5.56 Å². The summed E-state index contributed by atoms with van der Waals surface area (Å²) in [6.07, 6.45) is 1.57. The fourth-order valence-corrected chi connectivity index (χ4v) is 1.68. The molecule has 2 aromatic carbocycles. The third-order valence-corrected chi connectivity index (χ3v) is 2.65. The van der Waals surface area contributed by atoms with E-state index >= 15 is 0 Å². The Bertz CT molecular complexity index is 649. The van der Waals surface area contributed by atoms with Crippen molar-refractivity contribution in [3.63, 3.8) is 0 Å². The van der Waals surface area contributed by atoms with E-state index in [9.17, 15) is 9.59 Å². The molecular weight excluding hydrogens is 266 g/mol. The van der Waals surface area contributed by atoms with Crippen LogP contribution in [0, 0.1) is 0 Å². The lowest BCUT2D eigenvalue weighted by Crippen LogP contribution is -2.17. The summed E-state index contributed by atoms with van der Waals surface area (Å²) in [6.45, 7) is 1.43. The molecule has 0 saturated heterocycles. The molecule has 106 valence electrons. The molecule has 2 amide bonds. The van der Waals surface area contributed by atoms with Gasteiger partial charge < -0.3 is 5.32 Å². The second-order valence-electron chi connectivity index (χ2n) is 4.37. The third kappa shape index (κ3) is 4.58. The molecule has 5 nitrogen and oxygen atoms in total. The summed E-state index contributed by atoms with van der Waals surface area (Å²) in [5.41, 5.74) is 4.46. The van der Waals surface area contributed by atoms with Gasteiger partial charge in [-0.05, 0) is 29.8 Å². The Morgan fingerprint density at radius 2 is 1.67 bits per heavy atom. The number of anilines is 1. The smallest absolute Gasteiger partial charge is 0.271 e. The predicted octanol–water partition coefficient (Wildman–Crippen LogP) is 2.41. The van der Waals surface area contributed by atoms with E-state index in [1.165, 1.54) is 6.92 Å². The van der Waals surface area contributed by atoms with Crippen LogP contribution >= 0.6 is 0 Å². The van der Waals surface area contributed by atoms with Crippen LogP contribution in [0.5, 0.6) is 0 Å². The molecule has 0 saturated carbocycles. The molecule has 0 unspecified atom stereocenters. The molecule has 5 heteroatoms. The largest absolute Gasteiger partial charge is 0.326 e. The van der Waals surface area contributed by atoms with Gasteiger partial charge in [0.05, 0.1) is 6.21 Å². The van der Waals surface area contributed by atoms with Gasteiger partial charge in [0.2, 0.25) is 5.91 Å². The Morgan fingerprint density at radius 1 is 1.00 bits per heavy atom. The Labute approximate surface area is 122 Å². The molecule has 0 heterocycles. The standard InChI is InChI=1S/C16H15N3O2/c1-12(20)18-15-9-7-14(8-10-15)16(21)19-17-11-13-5-3-2-4-6-13/h2-11H,1H3,(H,18,20)(H,19,21)/b17-11+. The number of carbonyl (C=O) groups is 2. The summed E-state index contributed by atoms with van der Waals surface area (Å²) in [7, 11) is 0. The summed E-state index contributed by atoms with van der Waals surface area (Å²) >= 11 is 0. The summed E-state index contributed by atoms with van der Waals surface area (Å²) in [6, 6.07) is 16.0. The van der Waals surface area contributed by atoms with Crippen molar-refractivity contribution in [3.05, 3.63) is 65.7 Å². The number of amides is 2. The van der Waals surface area contributed by atoms with E-state index in [2.05, 4.69) is 15.8 Å². The highest BCUT2D eigenvalue weighted by Crippen LogP contribution is 2.09. The first kappa shape index (κ1) is 14.5. The van der Waals surface area contributed by atoms with Crippen LogP contribution < -0.4 is 10.7 Å². The molecule has 0 radical (unpaired) electrons. The lowest BCUT2D eigenvalue weighted by molar-refractivity contribution is -0.114. The second-order valence-corrected chi connectivity index (χ2v) is 4.37. The summed E-state index contributed by atoms with van der Waals surface area (Å²) in [4.78, 5) is 22.8. The summed E-state index contributed by atoms with van der Waals surface area (Å²) in [5, 5.41) is 6.53. The van der Waals surface area contributed by atoms with Gasteiger partial charge in [-0.1, -0.05) is 30.3 Å². The quantitative estimate of drug-likeness (QED) is 0.667. The van der Waals surface area contributed by atoms with Gasteiger partial charge in [0.25, 0.3) is 5.91 Å². The number of rotatable bonds is 4. The van der Waals surface area contributed by atoms with Crippen molar-refractivity contribution in [1.29, 1.82) is 0 Å². The van der Waals surface area contributed by atoms with E-state index in [1.54, 1.807) is 30.5 Å². The number of hydrogen-bond donors (Lipinski definition) is 2. The first-order chi connectivity index (χ1) is 10.1. The number of carbonyl (C=O) groups excluding carboxylic acids is 2. The fraction of sp³-hybridized carbons (Fsp3) is 0.0625. The van der Waals surface area contributed by atoms with Crippen LogP contribution in [0.3, 0.4) is 0 Å². The van der Waals surface area contributed by atoms with E-state index in [0.29, 0.717) is 11.3 Å². The minimum absolute atomic E-state index is 0.153. The molecule has 2 N–H and O–H groups in total. The zero-order chi connectivity index (χ0) is 15.1. The van der Waals surface area contributed by atoms with Gasteiger partial charge in [-0.3, -0.25) is 9.59 Å². The van der Waals surface area contributed by atoms with Crippen LogP contribution in [0.2, 0.25) is 0 Å². The van der Waals surface area contributed by atoms with Crippen molar-refractivity contribution in [1.82, 2.24) is 5.43 Å². The van der Waals surface area contributed by atoms with Gasteiger partial charge in [-0.15, -0.1) is 0 Å². The minimum atomic E-state index is -0.309. The minimum Gasteiger partial charge on any atom is -0.326 e. The maximum Gasteiger partial charge on any atom is 0.271 e. The highest BCUT2D eigenvalue weighted by molar-refractivity contribution is 5.96. The Kier molecular flexibility index (Phi) is 4.82. The Balaban J connectivity index is 1.94. The van der Waals surface area contributed by atoms with Crippen LogP contribution in [0.1, 0.15) is 22.8 Å². The molecule has 21 heavy (non-hydrogen) atoms. The summed E-state index contributed by atoms with van der Waals surface area (Å²) in [5.74, 6) is -0.462. The fourth-order valence-electron chi connectivity index (χ4n) is 1.68. The van der Waals surface area contributed by atoms with Gasteiger partial charge in [0, 0.05) is 18.2 Å². The van der Waals surface area contributed by atoms with Crippen LogP contribution in [0.4, 0.5) is 5.69 Å². The zero-order valence-corrected chi connectivity index (χ0v) is 11.5. The number of nitrogens with one attached hydrogen (secondary N) is 2. The molecular formula is C16H15N3O2. The summed E-state index contributed by atoms with van der Waals surface area (Å²) < 4.78 is 0. The molecule has 0 aromatic heterocycles. The Morgan fingerprint density at radius 3 is 2.29 bits per heavy atom. The van der Waals surface area contributed by atoms with Crippen LogP contribution in [-0.2, 0) is 4.79 Å². The maximum atomic E-state index is 11.9. The van der Waals surface area contributed by atoms with E-state index < -0.39 is 0 Å². The number of hydrazone groups is 1. The SMILES string of the molecule is CC(=O)Nc1ccc(C(=O)N/N=C/c2ccccc2)cc1. The molecule has 2 rings (SSSR count). The molecule has 0 aliphatic carbocycles. The topological polar surface area (TPSA) is 70.6 Å². The average molecular weight is 281 g/mol. The van der Waals surface area contributed by atoms with Crippen LogP contribution in [-0.4, -0.2) is 18.0 Å². The van der Waals surface area contributed by atoms with E-state index in [1.807, 2.05) is 30.3 Å². The van der Waals surface area contributed by atoms with Crippen molar-refractivity contribution in [2.75, 3.05) is 5.32 Å². The second kappa shape index (κ2) is 7.00. The van der Waals surface area contributed by atoms with Crippen LogP contribution in [0.25, 0.3) is 0 Å². The third-order valence-electron chi connectivity index (χ3n) is 2.65. The molecule has 0 fully saturated rings. The van der Waals surface area contributed by atoms with Crippen molar-refractivity contribution >= 4 is 23.7 Å².